The summed E-state index contributed by atoms with van der Waals surface area (Å²) in [6.07, 6.45) is 6.49. The molecule has 2 saturated heterocycles. The summed E-state index contributed by atoms with van der Waals surface area (Å²) in [6, 6.07) is 19.4. The minimum absolute atomic E-state index is 0.327. The maximum absolute atomic E-state index is 12.0. The highest BCUT2D eigenvalue weighted by Gasteiger charge is 2.27. The molecule has 1 amide bonds. The van der Waals surface area contributed by atoms with E-state index in [2.05, 4.69) is 53.4 Å². The van der Waals surface area contributed by atoms with Gasteiger partial charge in [-0.1, -0.05) is 48.9 Å². The number of hydrogen-bond acceptors (Lipinski definition) is 4. The van der Waals surface area contributed by atoms with Crippen molar-refractivity contribution in [3.05, 3.63) is 66.1 Å². The van der Waals surface area contributed by atoms with Crippen molar-refractivity contribution in [1.29, 1.82) is 0 Å². The fourth-order valence-electron chi connectivity index (χ4n) is 5.17. The zero-order valence-corrected chi connectivity index (χ0v) is 19.5. The fourth-order valence-corrected chi connectivity index (χ4v) is 5.17. The highest BCUT2D eigenvalue weighted by atomic mass is 16.4. The summed E-state index contributed by atoms with van der Waals surface area (Å²) >= 11 is 0. The summed E-state index contributed by atoms with van der Waals surface area (Å²) in [4.78, 5) is 21.5. The van der Waals surface area contributed by atoms with Gasteiger partial charge in [-0.3, -0.25) is 9.69 Å². The number of oxazole rings is 1. The molecular formula is C28H33N3O2. The number of nitrogens with zero attached hydrogens (tertiary/aromatic N) is 3. The van der Waals surface area contributed by atoms with Crippen LogP contribution in [0, 0.1) is 6.92 Å². The van der Waals surface area contributed by atoms with Gasteiger partial charge in [0.2, 0.25) is 11.8 Å². The Bertz CT molecular complexity index is 1070. The first kappa shape index (κ1) is 21.9. The number of carbonyl (C=O) groups is 1. The van der Waals surface area contributed by atoms with Gasteiger partial charge in [0.05, 0.1) is 5.69 Å². The number of aryl methyl sites for hydroxylation is 1. The Balaban J connectivity index is 1.26. The van der Waals surface area contributed by atoms with Crippen LogP contribution in [0.2, 0.25) is 0 Å². The molecule has 5 rings (SSSR count). The summed E-state index contributed by atoms with van der Waals surface area (Å²) in [7, 11) is 0. The Morgan fingerprint density at radius 3 is 2.45 bits per heavy atom. The van der Waals surface area contributed by atoms with Crippen LogP contribution in [-0.2, 0) is 11.3 Å². The molecule has 2 fully saturated rings. The highest BCUT2D eigenvalue weighted by Crippen LogP contribution is 2.28. The molecule has 2 aliphatic heterocycles. The van der Waals surface area contributed by atoms with E-state index in [4.69, 9.17) is 9.40 Å². The van der Waals surface area contributed by atoms with Crippen LogP contribution in [0.15, 0.2) is 59.0 Å². The molecule has 5 nitrogen and oxygen atoms in total. The van der Waals surface area contributed by atoms with Crippen molar-refractivity contribution in [2.45, 2.75) is 58.0 Å². The van der Waals surface area contributed by atoms with Gasteiger partial charge in [0.15, 0.2) is 0 Å². The van der Waals surface area contributed by atoms with E-state index >= 15 is 0 Å². The lowest BCUT2D eigenvalue weighted by molar-refractivity contribution is -0.127. The van der Waals surface area contributed by atoms with Crippen molar-refractivity contribution in [3.8, 4) is 22.6 Å². The SMILES string of the molecule is Cc1oc(-c2ccc(-c3ccccc3)cc2)nc1CN1CCCCC1CCN1CCCC1=O. The van der Waals surface area contributed by atoms with Gasteiger partial charge in [-0.25, -0.2) is 4.98 Å². The van der Waals surface area contributed by atoms with Gasteiger partial charge >= 0.3 is 0 Å². The highest BCUT2D eigenvalue weighted by molar-refractivity contribution is 5.78. The zero-order valence-electron chi connectivity index (χ0n) is 19.5. The molecule has 0 bridgehead atoms. The Labute approximate surface area is 196 Å². The largest absolute Gasteiger partial charge is 0.441 e. The van der Waals surface area contributed by atoms with E-state index in [1.165, 1.54) is 30.4 Å². The second kappa shape index (κ2) is 9.92. The normalized spacial score (nSPS) is 19.4. The maximum atomic E-state index is 12.0. The Morgan fingerprint density at radius 1 is 0.939 bits per heavy atom. The van der Waals surface area contributed by atoms with Crippen molar-refractivity contribution >= 4 is 5.91 Å². The number of likely N-dealkylation sites (tertiary alicyclic amines) is 2. The van der Waals surface area contributed by atoms with Crippen molar-refractivity contribution in [2.75, 3.05) is 19.6 Å². The van der Waals surface area contributed by atoms with Crippen LogP contribution >= 0.6 is 0 Å². The smallest absolute Gasteiger partial charge is 0.226 e. The van der Waals surface area contributed by atoms with Crippen molar-refractivity contribution in [1.82, 2.24) is 14.8 Å². The number of hydrogen-bond donors (Lipinski definition) is 0. The van der Waals surface area contributed by atoms with Crippen LogP contribution < -0.4 is 0 Å². The average Bonchev–Trinajstić information content (AvgIpc) is 3.44. The van der Waals surface area contributed by atoms with Crippen LogP contribution in [0.3, 0.4) is 0 Å². The predicted octanol–water partition coefficient (Wildman–Crippen LogP) is 5.68. The minimum atomic E-state index is 0.327. The van der Waals surface area contributed by atoms with Gasteiger partial charge in [-0.2, -0.15) is 0 Å². The van der Waals surface area contributed by atoms with Crippen LogP contribution in [0.25, 0.3) is 22.6 Å². The van der Waals surface area contributed by atoms with Crippen LogP contribution in [0.5, 0.6) is 0 Å². The van der Waals surface area contributed by atoms with E-state index in [1.54, 1.807) is 0 Å². The third-order valence-electron chi connectivity index (χ3n) is 7.14. The van der Waals surface area contributed by atoms with Crippen LogP contribution in [0.4, 0.5) is 0 Å². The van der Waals surface area contributed by atoms with Crippen molar-refractivity contribution in [2.24, 2.45) is 0 Å². The summed E-state index contributed by atoms with van der Waals surface area (Å²) in [5.41, 5.74) is 4.43. The first-order valence-corrected chi connectivity index (χ1v) is 12.3. The molecular weight excluding hydrogens is 410 g/mol. The number of piperidine rings is 1. The fraction of sp³-hybridized carbons (Fsp3) is 0.429. The van der Waals surface area contributed by atoms with Gasteiger partial charge in [0.25, 0.3) is 0 Å². The summed E-state index contributed by atoms with van der Waals surface area (Å²) in [6.45, 7) is 5.74. The van der Waals surface area contributed by atoms with E-state index in [0.717, 1.165) is 62.5 Å². The third-order valence-corrected chi connectivity index (χ3v) is 7.14. The number of rotatable bonds is 7. The Kier molecular flexibility index (Phi) is 6.58. The van der Waals surface area contributed by atoms with Gasteiger partial charge in [0, 0.05) is 37.7 Å². The monoisotopic (exact) mass is 443 g/mol. The Morgan fingerprint density at radius 2 is 1.70 bits per heavy atom. The molecule has 2 aliphatic rings. The molecule has 0 aliphatic carbocycles. The second-order valence-electron chi connectivity index (χ2n) is 9.36. The summed E-state index contributed by atoms with van der Waals surface area (Å²) < 4.78 is 6.09. The summed E-state index contributed by atoms with van der Waals surface area (Å²) in [5.74, 6) is 1.92. The zero-order chi connectivity index (χ0) is 22.6. The van der Waals surface area contributed by atoms with Crippen LogP contribution in [-0.4, -0.2) is 46.4 Å². The molecule has 33 heavy (non-hydrogen) atoms. The Hall–Kier alpha value is -2.92. The van der Waals surface area contributed by atoms with Crippen molar-refractivity contribution < 1.29 is 9.21 Å². The van der Waals surface area contributed by atoms with E-state index in [0.29, 0.717) is 17.8 Å². The lowest BCUT2D eigenvalue weighted by atomic mass is 9.98. The van der Waals surface area contributed by atoms with Gasteiger partial charge < -0.3 is 9.32 Å². The standard InChI is InChI=1S/C28H33N3O2/c1-21-26(20-31-17-6-5-10-25(31)16-19-30-18-7-11-27(30)32)29-28(33-21)24-14-12-23(13-15-24)22-8-3-2-4-9-22/h2-4,8-9,12-15,25H,5-7,10-11,16-20H2,1H3. The van der Waals surface area contributed by atoms with Gasteiger partial charge in [-0.15, -0.1) is 0 Å². The maximum Gasteiger partial charge on any atom is 0.226 e. The molecule has 0 saturated carbocycles. The third kappa shape index (κ3) is 5.03. The van der Waals surface area contributed by atoms with E-state index in [-0.39, 0.29) is 0 Å². The first-order valence-electron chi connectivity index (χ1n) is 12.3. The quantitative estimate of drug-likeness (QED) is 0.471. The van der Waals surface area contributed by atoms with E-state index in [9.17, 15) is 4.79 Å². The molecule has 0 N–H and O–H groups in total. The molecule has 2 aromatic carbocycles. The lowest BCUT2D eigenvalue weighted by Gasteiger charge is -2.36. The van der Waals surface area contributed by atoms with Crippen molar-refractivity contribution in [3.63, 3.8) is 0 Å². The molecule has 172 valence electrons. The predicted molar refractivity (Wildman–Crippen MR) is 131 cm³/mol. The van der Waals surface area contributed by atoms with E-state index < -0.39 is 0 Å². The topological polar surface area (TPSA) is 49.6 Å². The minimum Gasteiger partial charge on any atom is -0.441 e. The molecule has 3 heterocycles. The van der Waals surface area contributed by atoms with E-state index in [1.807, 2.05) is 17.9 Å². The van der Waals surface area contributed by atoms with Crippen LogP contribution in [0.1, 0.15) is 50.0 Å². The number of amides is 1. The molecule has 1 unspecified atom stereocenters. The molecule has 0 radical (unpaired) electrons. The summed E-state index contributed by atoms with van der Waals surface area (Å²) in [5, 5.41) is 0. The molecule has 3 aromatic rings. The number of benzene rings is 2. The lowest BCUT2D eigenvalue weighted by Crippen LogP contribution is -2.41. The van der Waals surface area contributed by atoms with Gasteiger partial charge in [0.1, 0.15) is 5.76 Å². The number of carbonyl (C=O) groups excluding carboxylic acids is 1. The first-order chi connectivity index (χ1) is 16.2. The van der Waals surface area contributed by atoms with Gasteiger partial charge in [-0.05, 0) is 62.4 Å². The number of aromatic nitrogens is 1. The molecule has 1 aromatic heterocycles. The molecule has 5 heteroatoms. The second-order valence-corrected chi connectivity index (χ2v) is 9.36. The average molecular weight is 444 g/mol. The molecule has 1 atom stereocenters. The molecule has 0 spiro atoms.